The summed E-state index contributed by atoms with van der Waals surface area (Å²) < 4.78 is 31.2. The van der Waals surface area contributed by atoms with Crippen LogP contribution in [-0.4, -0.2) is 64.4 Å². The molecule has 2 N–H and O–H groups in total. The Bertz CT molecular complexity index is 1460. The molecule has 12 heteroatoms. The molecule has 0 amide bonds. The van der Waals surface area contributed by atoms with E-state index < -0.39 is 10.0 Å². The van der Waals surface area contributed by atoms with Gasteiger partial charge in [0.15, 0.2) is 10.7 Å². The lowest BCUT2D eigenvalue weighted by atomic mass is 10.1. The lowest BCUT2D eigenvalue weighted by Gasteiger charge is -2.34. The second-order valence-electron chi connectivity index (χ2n) is 9.15. The van der Waals surface area contributed by atoms with Gasteiger partial charge in [-0.1, -0.05) is 11.3 Å². The molecule has 1 atom stereocenters. The maximum absolute atomic E-state index is 13.3. The van der Waals surface area contributed by atoms with Gasteiger partial charge in [0.25, 0.3) is 0 Å². The second-order valence-corrected chi connectivity index (χ2v) is 11.7. The van der Waals surface area contributed by atoms with Gasteiger partial charge in [0.2, 0.25) is 10.0 Å². The SMILES string of the molecule is CC1CN(c2cc(S(=O)(=O)NC3(C)CC3)cc3cnc4cc(-c5nncs5)nn4c23)CCN1. The number of hydrogen-bond donors (Lipinski definition) is 2. The van der Waals surface area contributed by atoms with Gasteiger partial charge >= 0.3 is 0 Å². The highest BCUT2D eigenvalue weighted by Gasteiger charge is 2.41. The van der Waals surface area contributed by atoms with Crippen LogP contribution >= 0.6 is 11.3 Å². The molecule has 6 rings (SSSR count). The first-order chi connectivity index (χ1) is 15.8. The monoisotopic (exact) mass is 484 g/mol. The van der Waals surface area contributed by atoms with Crippen molar-refractivity contribution in [2.75, 3.05) is 24.5 Å². The molecule has 2 fully saturated rings. The van der Waals surface area contributed by atoms with Crippen molar-refractivity contribution in [3.05, 3.63) is 29.9 Å². The van der Waals surface area contributed by atoms with E-state index in [1.165, 1.54) is 11.3 Å². The number of sulfonamides is 1. The Hall–Kier alpha value is -2.67. The zero-order chi connectivity index (χ0) is 22.8. The van der Waals surface area contributed by atoms with Gasteiger partial charge in [-0.25, -0.2) is 22.6 Å². The van der Waals surface area contributed by atoms with Crippen LogP contribution in [-0.2, 0) is 10.0 Å². The summed E-state index contributed by atoms with van der Waals surface area (Å²) in [6.07, 6.45) is 3.43. The highest BCUT2D eigenvalue weighted by molar-refractivity contribution is 7.89. The molecular formula is C21H24N8O2S2. The molecule has 1 unspecified atom stereocenters. The average Bonchev–Trinajstić information content (AvgIpc) is 3.20. The predicted octanol–water partition coefficient (Wildman–Crippen LogP) is 2.03. The van der Waals surface area contributed by atoms with Crippen molar-refractivity contribution in [1.29, 1.82) is 0 Å². The van der Waals surface area contributed by atoms with Crippen LogP contribution in [0.25, 0.3) is 27.3 Å². The Kier molecular flexibility index (Phi) is 4.70. The van der Waals surface area contributed by atoms with Gasteiger partial charge in [-0.3, -0.25) is 0 Å². The van der Waals surface area contributed by atoms with Crippen LogP contribution in [0.15, 0.2) is 34.8 Å². The number of benzene rings is 1. The zero-order valence-electron chi connectivity index (χ0n) is 18.3. The summed E-state index contributed by atoms with van der Waals surface area (Å²) in [5.41, 5.74) is 4.36. The quantitative estimate of drug-likeness (QED) is 0.442. The minimum Gasteiger partial charge on any atom is -0.367 e. The minimum absolute atomic E-state index is 0.252. The first-order valence-electron chi connectivity index (χ1n) is 10.9. The van der Waals surface area contributed by atoms with Crippen molar-refractivity contribution < 1.29 is 8.42 Å². The molecule has 0 spiro atoms. The number of nitrogens with one attached hydrogen (secondary N) is 2. The highest BCUT2D eigenvalue weighted by atomic mass is 32.2. The van der Waals surface area contributed by atoms with Crippen LogP contribution in [0, 0.1) is 0 Å². The number of aromatic nitrogens is 5. The topological polar surface area (TPSA) is 117 Å². The van der Waals surface area contributed by atoms with Gasteiger partial charge in [-0.2, -0.15) is 5.10 Å². The molecule has 4 heterocycles. The van der Waals surface area contributed by atoms with Crippen molar-refractivity contribution >= 4 is 43.6 Å². The van der Waals surface area contributed by atoms with Gasteiger partial charge in [0.05, 0.1) is 16.1 Å². The standard InChI is InChI=1S/C21H24N8O2S2/c1-13-11-28(6-5-22-13)17-8-15(33(30,31)27-21(2)3-4-21)7-14-10-23-18-9-16(20-25-24-12-32-20)26-29(18)19(14)17/h7-10,12-13,22,27H,3-6,11H2,1-2H3. The van der Waals surface area contributed by atoms with E-state index in [1.807, 2.05) is 13.0 Å². The fourth-order valence-electron chi connectivity index (χ4n) is 4.32. The van der Waals surface area contributed by atoms with Crippen LogP contribution in [0.5, 0.6) is 0 Å². The molecule has 172 valence electrons. The number of anilines is 1. The molecule has 1 saturated heterocycles. The van der Waals surface area contributed by atoms with Crippen LogP contribution in [0.3, 0.4) is 0 Å². The number of hydrogen-bond acceptors (Lipinski definition) is 9. The van der Waals surface area contributed by atoms with E-state index in [0.29, 0.717) is 16.3 Å². The van der Waals surface area contributed by atoms with Crippen LogP contribution < -0.4 is 14.9 Å². The van der Waals surface area contributed by atoms with Crippen molar-refractivity contribution in [2.45, 2.75) is 43.2 Å². The summed E-state index contributed by atoms with van der Waals surface area (Å²) in [7, 11) is -3.67. The average molecular weight is 485 g/mol. The molecule has 1 saturated carbocycles. The summed E-state index contributed by atoms with van der Waals surface area (Å²) in [5, 5.41) is 17.7. The van der Waals surface area contributed by atoms with Gasteiger partial charge < -0.3 is 10.2 Å². The third-order valence-corrected chi connectivity index (χ3v) is 8.64. The molecule has 10 nitrogen and oxygen atoms in total. The van der Waals surface area contributed by atoms with E-state index in [-0.39, 0.29) is 16.5 Å². The summed E-state index contributed by atoms with van der Waals surface area (Å²) in [5.74, 6) is 0. The first kappa shape index (κ1) is 20.9. The Morgan fingerprint density at radius 3 is 2.85 bits per heavy atom. The Labute approximate surface area is 195 Å². The number of rotatable bonds is 5. The van der Waals surface area contributed by atoms with Crippen molar-refractivity contribution in [3.63, 3.8) is 0 Å². The van der Waals surface area contributed by atoms with E-state index in [0.717, 1.165) is 49.1 Å². The van der Waals surface area contributed by atoms with Crippen LogP contribution in [0.4, 0.5) is 5.69 Å². The second kappa shape index (κ2) is 7.42. The largest absolute Gasteiger partial charge is 0.367 e. The maximum Gasteiger partial charge on any atom is 0.241 e. The smallest absolute Gasteiger partial charge is 0.241 e. The molecule has 1 aromatic carbocycles. The Balaban J connectivity index is 1.57. The maximum atomic E-state index is 13.3. The van der Waals surface area contributed by atoms with E-state index in [1.54, 1.807) is 28.4 Å². The third-order valence-electron chi connectivity index (χ3n) is 6.31. The molecule has 0 radical (unpaired) electrons. The summed E-state index contributed by atoms with van der Waals surface area (Å²) in [4.78, 5) is 7.04. The van der Waals surface area contributed by atoms with E-state index in [9.17, 15) is 8.42 Å². The van der Waals surface area contributed by atoms with Gasteiger partial charge in [0.1, 0.15) is 11.2 Å². The van der Waals surface area contributed by atoms with E-state index >= 15 is 0 Å². The molecule has 4 aromatic rings. The van der Waals surface area contributed by atoms with Gasteiger partial charge in [-0.15, -0.1) is 10.2 Å². The molecule has 1 aliphatic heterocycles. The van der Waals surface area contributed by atoms with Crippen LogP contribution in [0.2, 0.25) is 0 Å². The Morgan fingerprint density at radius 1 is 1.27 bits per heavy atom. The minimum atomic E-state index is -3.67. The van der Waals surface area contributed by atoms with Crippen molar-refractivity contribution in [1.82, 2.24) is 34.8 Å². The summed E-state index contributed by atoms with van der Waals surface area (Å²) in [6.45, 7) is 6.41. The lowest BCUT2D eigenvalue weighted by molar-refractivity contribution is 0.485. The predicted molar refractivity (Wildman–Crippen MR) is 127 cm³/mol. The molecule has 1 aliphatic carbocycles. The molecular weight excluding hydrogens is 460 g/mol. The van der Waals surface area contributed by atoms with E-state index in [4.69, 9.17) is 5.10 Å². The molecule has 0 bridgehead atoms. The summed E-state index contributed by atoms with van der Waals surface area (Å²) >= 11 is 1.41. The fourth-order valence-corrected chi connectivity index (χ4v) is 6.34. The lowest BCUT2D eigenvalue weighted by Crippen LogP contribution is -2.49. The number of nitrogens with zero attached hydrogens (tertiary/aromatic N) is 6. The van der Waals surface area contributed by atoms with Crippen molar-refractivity contribution in [2.24, 2.45) is 0 Å². The molecule has 2 aliphatic rings. The normalized spacial score (nSPS) is 20.5. The van der Waals surface area contributed by atoms with Gasteiger partial charge in [-0.05, 0) is 38.8 Å². The summed E-state index contributed by atoms with van der Waals surface area (Å²) in [6, 6.07) is 5.63. The third kappa shape index (κ3) is 3.76. The molecule has 3 aromatic heterocycles. The van der Waals surface area contributed by atoms with Gasteiger partial charge in [0, 0.05) is 48.9 Å². The first-order valence-corrected chi connectivity index (χ1v) is 13.3. The highest BCUT2D eigenvalue weighted by Crippen LogP contribution is 2.37. The number of fused-ring (bicyclic) bond motifs is 3. The number of piperazine rings is 1. The van der Waals surface area contributed by atoms with Crippen molar-refractivity contribution in [3.8, 4) is 10.7 Å². The van der Waals surface area contributed by atoms with Crippen LogP contribution in [0.1, 0.15) is 26.7 Å². The molecule has 33 heavy (non-hydrogen) atoms. The zero-order valence-corrected chi connectivity index (χ0v) is 19.9. The fraction of sp³-hybridized carbons (Fsp3) is 0.429. The Morgan fingerprint density at radius 2 is 2.12 bits per heavy atom. The van der Waals surface area contributed by atoms with E-state index in [2.05, 4.69) is 37.0 Å².